The van der Waals surface area contributed by atoms with Crippen LogP contribution in [-0.4, -0.2) is 11.1 Å². The Bertz CT molecular complexity index is 308. The second-order valence-electron chi connectivity index (χ2n) is 2.78. The molecule has 0 saturated carbocycles. The standard InChI is InChI=1S/C10H9BrF2O/c11-6-5-9(14)7-1-3-8(4-2-7)10(12)13/h1-4,10H,5-6H2. The van der Waals surface area contributed by atoms with Crippen molar-refractivity contribution in [3.05, 3.63) is 35.4 Å². The lowest BCUT2D eigenvalue weighted by Crippen LogP contribution is -1.99. The Balaban J connectivity index is 2.78. The lowest BCUT2D eigenvalue weighted by molar-refractivity contribution is 0.0989. The van der Waals surface area contributed by atoms with Crippen LogP contribution < -0.4 is 0 Å². The SMILES string of the molecule is O=C(CCBr)c1ccc(C(F)F)cc1. The number of carbonyl (C=O) groups is 1. The zero-order valence-corrected chi connectivity index (χ0v) is 8.93. The molecular weight excluding hydrogens is 254 g/mol. The third-order valence-corrected chi connectivity index (χ3v) is 2.20. The number of halogens is 3. The van der Waals surface area contributed by atoms with E-state index in [2.05, 4.69) is 15.9 Å². The van der Waals surface area contributed by atoms with Crippen LogP contribution in [0.3, 0.4) is 0 Å². The van der Waals surface area contributed by atoms with E-state index in [-0.39, 0.29) is 11.3 Å². The van der Waals surface area contributed by atoms with Gasteiger partial charge in [-0.05, 0) is 0 Å². The van der Waals surface area contributed by atoms with Crippen LogP contribution in [0.25, 0.3) is 0 Å². The van der Waals surface area contributed by atoms with Crippen LogP contribution in [0.2, 0.25) is 0 Å². The van der Waals surface area contributed by atoms with Crippen molar-refractivity contribution in [1.29, 1.82) is 0 Å². The smallest absolute Gasteiger partial charge is 0.263 e. The molecule has 0 bridgehead atoms. The Kier molecular flexibility index (Phi) is 4.20. The Morgan fingerprint density at radius 3 is 2.29 bits per heavy atom. The van der Waals surface area contributed by atoms with E-state index in [4.69, 9.17) is 0 Å². The highest BCUT2D eigenvalue weighted by Gasteiger charge is 2.08. The summed E-state index contributed by atoms with van der Waals surface area (Å²) in [5.74, 6) is -0.0392. The summed E-state index contributed by atoms with van der Waals surface area (Å²) in [6, 6.07) is 5.44. The molecule has 0 heterocycles. The predicted octanol–water partition coefficient (Wildman–Crippen LogP) is 3.59. The summed E-state index contributed by atoms with van der Waals surface area (Å²) < 4.78 is 24.3. The summed E-state index contributed by atoms with van der Waals surface area (Å²) in [5, 5.41) is 0.586. The van der Waals surface area contributed by atoms with E-state index in [0.29, 0.717) is 17.3 Å². The number of Topliss-reactive ketones (excluding diaryl/α,β-unsaturated/α-hetero) is 1. The maximum atomic E-state index is 12.2. The number of benzene rings is 1. The molecule has 0 radical (unpaired) electrons. The Morgan fingerprint density at radius 2 is 1.86 bits per heavy atom. The van der Waals surface area contributed by atoms with Crippen molar-refractivity contribution in [1.82, 2.24) is 0 Å². The molecule has 4 heteroatoms. The molecule has 1 aromatic rings. The fraction of sp³-hybridized carbons (Fsp3) is 0.300. The quantitative estimate of drug-likeness (QED) is 0.599. The molecule has 0 N–H and O–H groups in total. The number of rotatable bonds is 4. The summed E-state index contributed by atoms with van der Waals surface area (Å²) in [7, 11) is 0. The molecule has 0 atom stereocenters. The van der Waals surface area contributed by atoms with E-state index >= 15 is 0 Å². The Morgan fingerprint density at radius 1 is 1.29 bits per heavy atom. The highest BCUT2D eigenvalue weighted by molar-refractivity contribution is 9.09. The largest absolute Gasteiger partial charge is 0.294 e. The van der Waals surface area contributed by atoms with Crippen molar-refractivity contribution in [3.63, 3.8) is 0 Å². The summed E-state index contributed by atoms with van der Waals surface area (Å²) in [6.07, 6.45) is -2.09. The minimum atomic E-state index is -2.48. The first-order chi connectivity index (χ1) is 6.65. The molecule has 0 aliphatic heterocycles. The Hall–Kier alpha value is -0.770. The van der Waals surface area contributed by atoms with Gasteiger partial charge in [0.25, 0.3) is 6.43 Å². The number of carbonyl (C=O) groups excluding carboxylic acids is 1. The van der Waals surface area contributed by atoms with Crippen molar-refractivity contribution in [3.8, 4) is 0 Å². The first kappa shape index (κ1) is 11.3. The molecule has 76 valence electrons. The lowest BCUT2D eigenvalue weighted by atomic mass is 10.1. The van der Waals surface area contributed by atoms with Gasteiger partial charge in [-0.1, -0.05) is 40.2 Å². The van der Waals surface area contributed by atoms with Crippen LogP contribution in [0, 0.1) is 0 Å². The van der Waals surface area contributed by atoms with Crippen LogP contribution in [0.1, 0.15) is 28.8 Å². The fourth-order valence-corrected chi connectivity index (χ4v) is 1.40. The van der Waals surface area contributed by atoms with Gasteiger partial charge in [0.15, 0.2) is 5.78 Å². The average molecular weight is 263 g/mol. The third kappa shape index (κ3) is 2.87. The van der Waals surface area contributed by atoms with Crippen molar-refractivity contribution >= 4 is 21.7 Å². The van der Waals surface area contributed by atoms with E-state index in [1.165, 1.54) is 24.3 Å². The maximum Gasteiger partial charge on any atom is 0.263 e. The van der Waals surface area contributed by atoms with Crippen molar-refractivity contribution in [2.24, 2.45) is 0 Å². The second-order valence-corrected chi connectivity index (χ2v) is 3.58. The molecule has 1 aromatic carbocycles. The van der Waals surface area contributed by atoms with Crippen LogP contribution >= 0.6 is 15.9 Å². The van der Waals surface area contributed by atoms with Gasteiger partial charge in [-0.25, -0.2) is 8.78 Å². The van der Waals surface area contributed by atoms with E-state index < -0.39 is 6.43 Å². The number of alkyl halides is 3. The zero-order valence-electron chi connectivity index (χ0n) is 7.34. The van der Waals surface area contributed by atoms with Crippen molar-refractivity contribution < 1.29 is 13.6 Å². The van der Waals surface area contributed by atoms with Gasteiger partial charge in [0, 0.05) is 22.9 Å². The Labute approximate surface area is 89.3 Å². The van der Waals surface area contributed by atoms with Gasteiger partial charge in [0.1, 0.15) is 0 Å². The minimum Gasteiger partial charge on any atom is -0.294 e. The molecule has 1 nitrogen and oxygen atoms in total. The third-order valence-electron chi connectivity index (χ3n) is 1.81. The molecular formula is C10H9BrF2O. The van der Waals surface area contributed by atoms with E-state index in [1.54, 1.807) is 0 Å². The van der Waals surface area contributed by atoms with Gasteiger partial charge in [0.05, 0.1) is 0 Å². The molecule has 0 aliphatic carbocycles. The highest BCUT2D eigenvalue weighted by Crippen LogP contribution is 2.19. The van der Waals surface area contributed by atoms with Crippen molar-refractivity contribution in [2.75, 3.05) is 5.33 Å². The molecule has 0 fully saturated rings. The molecule has 0 amide bonds. The first-order valence-corrected chi connectivity index (χ1v) is 5.24. The van der Waals surface area contributed by atoms with Crippen molar-refractivity contribution in [2.45, 2.75) is 12.8 Å². The maximum absolute atomic E-state index is 12.2. The first-order valence-electron chi connectivity index (χ1n) is 4.12. The number of hydrogen-bond acceptors (Lipinski definition) is 1. The lowest BCUT2D eigenvalue weighted by Gasteiger charge is -2.01. The fourth-order valence-electron chi connectivity index (χ4n) is 1.04. The van der Waals surface area contributed by atoms with E-state index in [1.807, 2.05) is 0 Å². The van der Waals surface area contributed by atoms with Gasteiger partial charge in [-0.3, -0.25) is 4.79 Å². The molecule has 0 aromatic heterocycles. The van der Waals surface area contributed by atoms with Gasteiger partial charge < -0.3 is 0 Å². The van der Waals surface area contributed by atoms with E-state index in [0.717, 1.165) is 0 Å². The number of ketones is 1. The van der Waals surface area contributed by atoms with Crippen LogP contribution in [0.4, 0.5) is 8.78 Å². The number of hydrogen-bond donors (Lipinski definition) is 0. The summed E-state index contributed by atoms with van der Waals surface area (Å²) in [4.78, 5) is 11.3. The van der Waals surface area contributed by atoms with E-state index in [9.17, 15) is 13.6 Å². The normalized spacial score (nSPS) is 10.6. The summed E-state index contributed by atoms with van der Waals surface area (Å²) >= 11 is 3.14. The van der Waals surface area contributed by atoms with Crippen LogP contribution in [0.5, 0.6) is 0 Å². The minimum absolute atomic E-state index is 0.0392. The van der Waals surface area contributed by atoms with Gasteiger partial charge in [-0.2, -0.15) is 0 Å². The topological polar surface area (TPSA) is 17.1 Å². The summed E-state index contributed by atoms with van der Waals surface area (Å²) in [6.45, 7) is 0. The molecule has 0 spiro atoms. The second kappa shape index (κ2) is 5.20. The molecule has 0 saturated heterocycles. The molecule has 0 unspecified atom stereocenters. The van der Waals surface area contributed by atoms with Crippen LogP contribution in [0.15, 0.2) is 24.3 Å². The molecule has 0 aliphatic rings. The summed E-state index contributed by atoms with van der Waals surface area (Å²) in [5.41, 5.74) is 0.425. The molecule has 1 rings (SSSR count). The van der Waals surface area contributed by atoms with Gasteiger partial charge >= 0.3 is 0 Å². The van der Waals surface area contributed by atoms with Gasteiger partial charge in [-0.15, -0.1) is 0 Å². The predicted molar refractivity (Wildman–Crippen MR) is 54.1 cm³/mol. The highest BCUT2D eigenvalue weighted by atomic mass is 79.9. The average Bonchev–Trinajstić information content (AvgIpc) is 2.18. The monoisotopic (exact) mass is 262 g/mol. The van der Waals surface area contributed by atoms with Crippen LogP contribution in [-0.2, 0) is 0 Å². The van der Waals surface area contributed by atoms with Gasteiger partial charge in [0.2, 0.25) is 0 Å². The molecule has 14 heavy (non-hydrogen) atoms. The zero-order chi connectivity index (χ0) is 10.6.